The number of hydrogen-bond donors (Lipinski definition) is 0. The molecule has 0 aromatic rings. The van der Waals surface area contributed by atoms with Crippen LogP contribution in [0.2, 0.25) is 0 Å². The van der Waals surface area contributed by atoms with Crippen LogP contribution >= 0.6 is 11.6 Å². The zero-order chi connectivity index (χ0) is 19.0. The molecule has 0 N–H and O–H groups in total. The number of hydrogen-bond acceptors (Lipinski definition) is 3. The molecule has 3 nitrogen and oxygen atoms in total. The van der Waals surface area contributed by atoms with Crippen LogP contribution in [-0.4, -0.2) is 30.7 Å². The standard InChI is InChI=1S/C22H37ClO3/c1-4-5-6-10-15-25-16-18-17(19-12-13-20(18)26-19)11-8-7-9-14-22(2,3)21(23)24/h7-8,17-20H,4-6,9-16H2,1-3H3/b8-7-/t17-,18+,19-,20+/m0/s1. The minimum Gasteiger partial charge on any atom is -0.381 e. The van der Waals surface area contributed by atoms with E-state index in [2.05, 4.69) is 19.1 Å². The maximum atomic E-state index is 11.4. The van der Waals surface area contributed by atoms with Gasteiger partial charge in [0, 0.05) is 17.9 Å². The highest BCUT2D eigenvalue weighted by molar-refractivity contribution is 6.64. The molecule has 2 rings (SSSR count). The second kappa shape index (κ2) is 10.8. The molecule has 0 saturated carbocycles. The number of carbonyl (C=O) groups excluding carboxylic acids is 1. The Kier molecular flexibility index (Phi) is 9.12. The highest BCUT2D eigenvalue weighted by atomic mass is 35.5. The molecule has 4 atom stereocenters. The lowest BCUT2D eigenvalue weighted by molar-refractivity contribution is -0.119. The molecule has 2 fully saturated rings. The maximum Gasteiger partial charge on any atom is 0.227 e. The van der Waals surface area contributed by atoms with E-state index in [0.717, 1.165) is 32.5 Å². The number of unbranched alkanes of at least 4 members (excludes halogenated alkanes) is 3. The highest BCUT2D eigenvalue weighted by Crippen LogP contribution is 2.45. The van der Waals surface area contributed by atoms with Gasteiger partial charge in [0.2, 0.25) is 5.24 Å². The molecule has 0 unspecified atom stereocenters. The summed E-state index contributed by atoms with van der Waals surface area (Å²) in [5.74, 6) is 1.13. The smallest absolute Gasteiger partial charge is 0.227 e. The summed E-state index contributed by atoms with van der Waals surface area (Å²) in [6, 6.07) is 0. The Bertz CT molecular complexity index is 460. The highest BCUT2D eigenvalue weighted by Gasteiger charge is 2.48. The second-order valence-electron chi connectivity index (χ2n) is 8.66. The van der Waals surface area contributed by atoms with Gasteiger partial charge in [-0.15, -0.1) is 0 Å². The number of ether oxygens (including phenoxy) is 2. The quantitative estimate of drug-likeness (QED) is 0.225. The molecule has 26 heavy (non-hydrogen) atoms. The predicted molar refractivity (Wildman–Crippen MR) is 107 cm³/mol. The van der Waals surface area contributed by atoms with Gasteiger partial charge in [0.15, 0.2) is 0 Å². The first-order valence-corrected chi connectivity index (χ1v) is 10.9. The fourth-order valence-corrected chi connectivity index (χ4v) is 4.29. The fraction of sp³-hybridized carbons (Fsp3) is 0.864. The van der Waals surface area contributed by atoms with E-state index in [1.165, 1.54) is 38.5 Å². The summed E-state index contributed by atoms with van der Waals surface area (Å²) in [4.78, 5) is 11.4. The normalized spacial score (nSPS) is 28.3. The summed E-state index contributed by atoms with van der Waals surface area (Å²) >= 11 is 5.64. The molecule has 2 saturated heterocycles. The third-order valence-electron chi connectivity index (χ3n) is 6.09. The molecule has 2 aliphatic heterocycles. The summed E-state index contributed by atoms with van der Waals surface area (Å²) in [6.45, 7) is 7.79. The third kappa shape index (κ3) is 6.35. The average Bonchev–Trinajstić information content (AvgIpc) is 3.19. The van der Waals surface area contributed by atoms with Crippen molar-refractivity contribution in [1.29, 1.82) is 0 Å². The van der Waals surface area contributed by atoms with E-state index in [9.17, 15) is 4.79 Å². The summed E-state index contributed by atoms with van der Waals surface area (Å²) in [7, 11) is 0. The molecule has 0 aliphatic carbocycles. The van der Waals surface area contributed by atoms with Crippen molar-refractivity contribution >= 4 is 16.8 Å². The largest absolute Gasteiger partial charge is 0.381 e. The number of carbonyl (C=O) groups is 1. The van der Waals surface area contributed by atoms with Crippen molar-refractivity contribution in [3.8, 4) is 0 Å². The first kappa shape index (κ1) is 21.9. The predicted octanol–water partition coefficient (Wildman–Crippen LogP) is 5.90. The van der Waals surface area contributed by atoms with Gasteiger partial charge in [-0.3, -0.25) is 4.79 Å². The number of rotatable bonds is 13. The van der Waals surface area contributed by atoms with Crippen molar-refractivity contribution in [1.82, 2.24) is 0 Å². The van der Waals surface area contributed by atoms with Gasteiger partial charge in [-0.25, -0.2) is 0 Å². The van der Waals surface area contributed by atoms with Crippen LogP contribution in [0.5, 0.6) is 0 Å². The van der Waals surface area contributed by atoms with Crippen molar-refractivity contribution in [2.75, 3.05) is 13.2 Å². The van der Waals surface area contributed by atoms with Crippen LogP contribution in [0.4, 0.5) is 0 Å². The lowest BCUT2D eigenvalue weighted by atomic mass is 9.78. The van der Waals surface area contributed by atoms with Crippen molar-refractivity contribution in [3.63, 3.8) is 0 Å². The lowest BCUT2D eigenvalue weighted by Crippen LogP contribution is -2.30. The van der Waals surface area contributed by atoms with E-state index in [-0.39, 0.29) is 5.24 Å². The molecular formula is C22H37ClO3. The van der Waals surface area contributed by atoms with E-state index in [4.69, 9.17) is 21.1 Å². The minimum absolute atomic E-state index is 0.247. The Hall–Kier alpha value is -0.380. The van der Waals surface area contributed by atoms with Crippen LogP contribution in [0.1, 0.15) is 78.6 Å². The molecule has 2 heterocycles. The molecular weight excluding hydrogens is 348 g/mol. The summed E-state index contributed by atoms with van der Waals surface area (Å²) in [5.41, 5.74) is -0.435. The van der Waals surface area contributed by atoms with Crippen molar-refractivity contribution in [2.45, 2.75) is 90.8 Å². The second-order valence-corrected chi connectivity index (χ2v) is 9.00. The van der Waals surface area contributed by atoms with Gasteiger partial charge in [0.25, 0.3) is 0 Å². The molecule has 0 aromatic carbocycles. The van der Waals surface area contributed by atoms with Crippen molar-refractivity contribution < 1.29 is 14.3 Å². The molecule has 2 aliphatic rings. The van der Waals surface area contributed by atoms with Crippen LogP contribution in [-0.2, 0) is 14.3 Å². The lowest BCUT2D eigenvalue weighted by Gasteiger charge is -2.27. The Morgan fingerprint density at radius 1 is 1.15 bits per heavy atom. The van der Waals surface area contributed by atoms with Gasteiger partial charge in [-0.1, -0.05) is 52.2 Å². The number of allylic oxidation sites excluding steroid dienone is 2. The van der Waals surface area contributed by atoms with Gasteiger partial charge in [0.05, 0.1) is 18.8 Å². The van der Waals surface area contributed by atoms with E-state index in [1.807, 2.05) is 13.8 Å². The zero-order valence-corrected chi connectivity index (χ0v) is 17.6. The van der Waals surface area contributed by atoms with Crippen LogP contribution in [0.25, 0.3) is 0 Å². The zero-order valence-electron chi connectivity index (χ0n) is 16.8. The average molecular weight is 385 g/mol. The van der Waals surface area contributed by atoms with Crippen LogP contribution in [0.15, 0.2) is 12.2 Å². The van der Waals surface area contributed by atoms with Gasteiger partial charge in [-0.05, 0) is 56.0 Å². The third-order valence-corrected chi connectivity index (χ3v) is 6.60. The molecule has 150 valence electrons. The van der Waals surface area contributed by atoms with Crippen molar-refractivity contribution in [3.05, 3.63) is 12.2 Å². The van der Waals surface area contributed by atoms with E-state index in [1.54, 1.807) is 0 Å². The summed E-state index contributed by atoms with van der Waals surface area (Å²) in [5, 5.41) is -0.247. The Balaban J connectivity index is 1.70. The van der Waals surface area contributed by atoms with E-state index >= 15 is 0 Å². The monoisotopic (exact) mass is 384 g/mol. The molecule has 2 bridgehead atoms. The van der Waals surface area contributed by atoms with E-state index in [0.29, 0.717) is 24.0 Å². The van der Waals surface area contributed by atoms with Crippen LogP contribution in [0.3, 0.4) is 0 Å². The van der Waals surface area contributed by atoms with Crippen LogP contribution < -0.4 is 0 Å². The van der Waals surface area contributed by atoms with Crippen LogP contribution in [0, 0.1) is 17.3 Å². The minimum atomic E-state index is -0.435. The van der Waals surface area contributed by atoms with Gasteiger partial charge < -0.3 is 9.47 Å². The van der Waals surface area contributed by atoms with Gasteiger partial charge >= 0.3 is 0 Å². The SMILES string of the molecule is CCCCCCOC[C@@H]1[C@H](C/C=C\CCC(C)(C)C(=O)Cl)[C@@H]2CC[C@H]1O2. The van der Waals surface area contributed by atoms with E-state index < -0.39 is 5.41 Å². The molecule has 0 aromatic heterocycles. The Morgan fingerprint density at radius 3 is 2.58 bits per heavy atom. The Labute approximate surface area is 164 Å². The molecule has 0 radical (unpaired) electrons. The number of fused-ring (bicyclic) bond motifs is 2. The molecule has 0 amide bonds. The first-order valence-electron chi connectivity index (χ1n) is 10.5. The first-order chi connectivity index (χ1) is 12.5. The molecule has 4 heteroatoms. The number of halogens is 1. The summed E-state index contributed by atoms with van der Waals surface area (Å²) in [6.07, 6.45) is 15.5. The molecule has 0 spiro atoms. The topological polar surface area (TPSA) is 35.5 Å². The van der Waals surface area contributed by atoms with Gasteiger partial charge in [0.1, 0.15) is 0 Å². The fourth-order valence-electron chi connectivity index (χ4n) is 4.19. The van der Waals surface area contributed by atoms with Crippen molar-refractivity contribution in [2.24, 2.45) is 17.3 Å². The summed E-state index contributed by atoms with van der Waals surface area (Å²) < 4.78 is 12.1. The maximum absolute atomic E-state index is 11.4. The Morgan fingerprint density at radius 2 is 1.88 bits per heavy atom. The van der Waals surface area contributed by atoms with Gasteiger partial charge in [-0.2, -0.15) is 0 Å².